The molecule has 0 N–H and O–H groups in total. The number of ether oxygens (including phenoxy) is 2. The molecule has 0 saturated carbocycles. The Bertz CT molecular complexity index is 512. The van der Waals surface area contributed by atoms with Crippen molar-refractivity contribution in [2.45, 2.75) is 52.3 Å². The van der Waals surface area contributed by atoms with Crippen LogP contribution in [-0.2, 0) is 6.42 Å². The third-order valence-electron chi connectivity index (χ3n) is 4.02. The molecule has 2 nitrogen and oxygen atoms in total. The number of benzene rings is 1. The predicted octanol–water partition coefficient (Wildman–Crippen LogP) is 5.78. The highest BCUT2D eigenvalue weighted by atomic mass is 35.5. The zero-order chi connectivity index (χ0) is 15.6. The number of rotatable bonds is 4. The van der Waals surface area contributed by atoms with Gasteiger partial charge in [0.2, 0.25) is 0 Å². The van der Waals surface area contributed by atoms with E-state index in [0.717, 1.165) is 41.2 Å². The molecule has 0 bridgehead atoms. The second-order valence-corrected chi connectivity index (χ2v) is 7.21. The van der Waals surface area contributed by atoms with Gasteiger partial charge in [0.25, 0.3) is 0 Å². The fraction of sp³-hybridized carbons (Fsp3) is 0.647. The van der Waals surface area contributed by atoms with Gasteiger partial charge in [-0.3, -0.25) is 0 Å². The van der Waals surface area contributed by atoms with Crippen molar-refractivity contribution in [3.63, 3.8) is 0 Å². The second-order valence-electron chi connectivity index (χ2n) is 6.28. The minimum atomic E-state index is -0.100. The number of alkyl halides is 1. The summed E-state index contributed by atoms with van der Waals surface area (Å²) >= 11 is 13.2. The van der Waals surface area contributed by atoms with Crippen LogP contribution in [0, 0.1) is 5.41 Å². The second kappa shape index (κ2) is 6.66. The Morgan fingerprint density at radius 1 is 1.24 bits per heavy atom. The van der Waals surface area contributed by atoms with E-state index in [2.05, 4.69) is 13.8 Å². The van der Waals surface area contributed by atoms with Gasteiger partial charge in [-0.15, -0.1) is 11.6 Å². The Morgan fingerprint density at radius 3 is 2.52 bits per heavy atom. The molecule has 21 heavy (non-hydrogen) atoms. The monoisotopic (exact) mass is 330 g/mol. The molecule has 0 amide bonds. The van der Waals surface area contributed by atoms with Gasteiger partial charge in [-0.1, -0.05) is 25.4 Å². The normalized spacial score (nSPS) is 20.6. The standard InChI is InChI=1S/C17H24Cl2O2/c1-5-20-14-9-12(18)11-7-8-17(3,4)10-13(19)15(11)16(14)21-6-2/h9,13H,5-8,10H2,1-4H3. The van der Waals surface area contributed by atoms with Crippen molar-refractivity contribution < 1.29 is 9.47 Å². The minimum absolute atomic E-state index is 0.100. The summed E-state index contributed by atoms with van der Waals surface area (Å²) in [7, 11) is 0. The summed E-state index contributed by atoms with van der Waals surface area (Å²) in [5.41, 5.74) is 2.35. The van der Waals surface area contributed by atoms with Gasteiger partial charge in [-0.05, 0) is 44.1 Å². The van der Waals surface area contributed by atoms with Gasteiger partial charge in [0.1, 0.15) is 0 Å². The van der Waals surface area contributed by atoms with Crippen LogP contribution >= 0.6 is 23.2 Å². The molecular weight excluding hydrogens is 307 g/mol. The first-order chi connectivity index (χ1) is 9.89. The van der Waals surface area contributed by atoms with Crippen molar-refractivity contribution in [2.24, 2.45) is 5.41 Å². The summed E-state index contributed by atoms with van der Waals surface area (Å²) in [5.74, 6) is 1.48. The minimum Gasteiger partial charge on any atom is -0.490 e. The Balaban J connectivity index is 2.59. The Kier molecular flexibility index (Phi) is 5.32. The first-order valence-electron chi connectivity index (χ1n) is 7.64. The van der Waals surface area contributed by atoms with Crippen LogP contribution in [0.3, 0.4) is 0 Å². The number of halogens is 2. The van der Waals surface area contributed by atoms with Crippen molar-refractivity contribution in [1.29, 1.82) is 0 Å². The van der Waals surface area contributed by atoms with Crippen LogP contribution in [0.25, 0.3) is 0 Å². The summed E-state index contributed by atoms with van der Waals surface area (Å²) in [5, 5.41) is 0.636. The van der Waals surface area contributed by atoms with E-state index in [1.807, 2.05) is 19.9 Å². The van der Waals surface area contributed by atoms with E-state index in [1.165, 1.54) is 0 Å². The molecule has 0 heterocycles. The fourth-order valence-electron chi connectivity index (χ4n) is 2.96. The average molecular weight is 331 g/mol. The van der Waals surface area contributed by atoms with Crippen LogP contribution in [0.5, 0.6) is 11.5 Å². The number of fused-ring (bicyclic) bond motifs is 1. The molecule has 1 aromatic rings. The third-order valence-corrected chi connectivity index (χ3v) is 4.73. The lowest BCUT2D eigenvalue weighted by Gasteiger charge is -2.24. The first-order valence-corrected chi connectivity index (χ1v) is 8.46. The Hall–Kier alpha value is -0.600. The molecule has 0 fully saturated rings. The smallest absolute Gasteiger partial charge is 0.166 e. The quantitative estimate of drug-likeness (QED) is 0.514. The van der Waals surface area contributed by atoms with Crippen molar-refractivity contribution in [3.05, 3.63) is 22.2 Å². The molecule has 118 valence electrons. The largest absolute Gasteiger partial charge is 0.490 e. The lowest BCUT2D eigenvalue weighted by Crippen LogP contribution is -2.12. The van der Waals surface area contributed by atoms with E-state index in [1.54, 1.807) is 0 Å². The van der Waals surface area contributed by atoms with E-state index in [0.29, 0.717) is 19.0 Å². The molecule has 1 aliphatic rings. The van der Waals surface area contributed by atoms with Gasteiger partial charge in [0.05, 0.1) is 18.6 Å². The van der Waals surface area contributed by atoms with Crippen molar-refractivity contribution in [3.8, 4) is 11.5 Å². The van der Waals surface area contributed by atoms with Crippen molar-refractivity contribution in [1.82, 2.24) is 0 Å². The van der Waals surface area contributed by atoms with Gasteiger partial charge >= 0.3 is 0 Å². The zero-order valence-corrected chi connectivity index (χ0v) is 14.8. The molecule has 0 aliphatic heterocycles. The van der Waals surface area contributed by atoms with E-state index >= 15 is 0 Å². The van der Waals surface area contributed by atoms with Crippen molar-refractivity contribution in [2.75, 3.05) is 13.2 Å². The third kappa shape index (κ3) is 3.60. The lowest BCUT2D eigenvalue weighted by atomic mass is 9.84. The molecule has 0 saturated heterocycles. The summed E-state index contributed by atoms with van der Waals surface area (Å²) in [4.78, 5) is 0. The Morgan fingerprint density at radius 2 is 1.90 bits per heavy atom. The molecule has 1 aromatic carbocycles. The van der Waals surface area contributed by atoms with Crippen LogP contribution in [0.15, 0.2) is 6.07 Å². The van der Waals surface area contributed by atoms with Crippen LogP contribution in [0.1, 0.15) is 57.0 Å². The highest BCUT2D eigenvalue weighted by Gasteiger charge is 2.33. The first kappa shape index (κ1) is 16.8. The summed E-state index contributed by atoms with van der Waals surface area (Å²) in [6.45, 7) is 9.60. The van der Waals surface area contributed by atoms with E-state index < -0.39 is 0 Å². The molecule has 0 radical (unpaired) electrons. The number of hydrogen-bond acceptors (Lipinski definition) is 2. The molecule has 4 heteroatoms. The van der Waals surface area contributed by atoms with Gasteiger partial charge in [-0.2, -0.15) is 0 Å². The molecule has 0 aromatic heterocycles. The maximum absolute atomic E-state index is 6.73. The average Bonchev–Trinajstić information content (AvgIpc) is 2.51. The summed E-state index contributed by atoms with van der Waals surface area (Å²) in [6, 6.07) is 1.87. The highest BCUT2D eigenvalue weighted by molar-refractivity contribution is 6.32. The molecule has 1 unspecified atom stereocenters. The van der Waals surface area contributed by atoms with Crippen molar-refractivity contribution >= 4 is 23.2 Å². The van der Waals surface area contributed by atoms with E-state index in [9.17, 15) is 0 Å². The Labute approximate surface area is 137 Å². The molecule has 1 aliphatic carbocycles. The topological polar surface area (TPSA) is 18.5 Å². The van der Waals surface area contributed by atoms with Crippen LogP contribution in [-0.4, -0.2) is 13.2 Å². The maximum Gasteiger partial charge on any atom is 0.166 e. The van der Waals surface area contributed by atoms with Crippen LogP contribution in [0.4, 0.5) is 0 Å². The van der Waals surface area contributed by atoms with Crippen LogP contribution < -0.4 is 9.47 Å². The summed E-state index contributed by atoms with van der Waals surface area (Å²) in [6.07, 6.45) is 2.91. The maximum atomic E-state index is 6.73. The van der Waals surface area contributed by atoms with E-state index in [4.69, 9.17) is 32.7 Å². The fourth-order valence-corrected chi connectivity index (χ4v) is 3.90. The predicted molar refractivity (Wildman–Crippen MR) is 89.1 cm³/mol. The van der Waals surface area contributed by atoms with Gasteiger partial charge in [-0.25, -0.2) is 0 Å². The van der Waals surface area contributed by atoms with Gasteiger partial charge < -0.3 is 9.47 Å². The molecule has 2 rings (SSSR count). The summed E-state index contributed by atoms with van der Waals surface area (Å²) < 4.78 is 11.6. The molecule has 1 atom stereocenters. The highest BCUT2D eigenvalue weighted by Crippen LogP contribution is 2.50. The molecular formula is C17H24Cl2O2. The zero-order valence-electron chi connectivity index (χ0n) is 13.3. The SMILES string of the molecule is CCOc1cc(Cl)c2c(c1OCC)C(Cl)CC(C)(C)CC2. The molecule has 0 spiro atoms. The number of hydrogen-bond donors (Lipinski definition) is 0. The lowest BCUT2D eigenvalue weighted by molar-refractivity contribution is 0.282. The van der Waals surface area contributed by atoms with Crippen LogP contribution in [0.2, 0.25) is 5.02 Å². The van der Waals surface area contributed by atoms with Gasteiger partial charge in [0, 0.05) is 16.7 Å². The van der Waals surface area contributed by atoms with Gasteiger partial charge in [0.15, 0.2) is 11.5 Å². The van der Waals surface area contributed by atoms with E-state index in [-0.39, 0.29) is 10.8 Å².